The molecule has 0 radical (unpaired) electrons. The van der Waals surface area contributed by atoms with Gasteiger partial charge in [0.25, 0.3) is 0 Å². The molecule has 0 saturated heterocycles. The molecule has 8 heteroatoms. The normalized spacial score (nSPS) is 12.0. The van der Waals surface area contributed by atoms with Crippen LogP contribution >= 0.6 is 0 Å². The van der Waals surface area contributed by atoms with Gasteiger partial charge in [-0.2, -0.15) is 0 Å². The third-order valence-electron chi connectivity index (χ3n) is 5.15. The van der Waals surface area contributed by atoms with Crippen molar-refractivity contribution < 1.29 is 13.9 Å². The summed E-state index contributed by atoms with van der Waals surface area (Å²) in [5.74, 6) is 0.0547. The Morgan fingerprint density at radius 2 is 1.84 bits per heavy atom. The van der Waals surface area contributed by atoms with Crippen molar-refractivity contribution in [2.45, 2.75) is 26.4 Å². The van der Waals surface area contributed by atoms with Crippen molar-refractivity contribution in [2.75, 3.05) is 6.61 Å². The molecule has 0 saturated carbocycles. The Bertz CT molecular complexity index is 1290. The maximum Gasteiger partial charge on any atom is 0.335 e. The van der Waals surface area contributed by atoms with Crippen LogP contribution in [0.3, 0.4) is 0 Å². The Kier molecular flexibility index (Phi) is 6.02. The molecule has 0 aliphatic heterocycles. The van der Waals surface area contributed by atoms with E-state index in [1.807, 2.05) is 38.1 Å². The van der Waals surface area contributed by atoms with E-state index in [2.05, 4.69) is 10.3 Å². The lowest BCUT2D eigenvalue weighted by atomic mass is 10.1. The van der Waals surface area contributed by atoms with Gasteiger partial charge in [-0.1, -0.05) is 12.1 Å². The van der Waals surface area contributed by atoms with E-state index >= 15 is 0 Å². The Labute approximate surface area is 184 Å². The van der Waals surface area contributed by atoms with E-state index in [1.165, 1.54) is 33.4 Å². The van der Waals surface area contributed by atoms with Crippen molar-refractivity contribution in [1.82, 2.24) is 19.4 Å². The number of hydrogen-bond donors (Lipinski definition) is 1. The number of halogens is 1. The van der Waals surface area contributed by atoms with E-state index < -0.39 is 11.5 Å². The number of fused-ring (bicyclic) bond motifs is 1. The first-order valence-corrected chi connectivity index (χ1v) is 10.3. The highest BCUT2D eigenvalue weighted by Crippen LogP contribution is 2.19. The second-order valence-corrected chi connectivity index (χ2v) is 7.32. The van der Waals surface area contributed by atoms with Crippen molar-refractivity contribution in [2.24, 2.45) is 0 Å². The summed E-state index contributed by atoms with van der Waals surface area (Å²) >= 11 is 0. The average Bonchev–Trinajstić information content (AvgIpc) is 3.06. The van der Waals surface area contributed by atoms with E-state index in [-0.39, 0.29) is 18.5 Å². The Hall–Kier alpha value is -3.94. The zero-order valence-corrected chi connectivity index (χ0v) is 17.8. The summed E-state index contributed by atoms with van der Waals surface area (Å²) in [6.45, 7) is 4.21. The highest BCUT2D eigenvalue weighted by Gasteiger charge is 2.18. The minimum atomic E-state index is -0.422. The van der Waals surface area contributed by atoms with Gasteiger partial charge in [0.15, 0.2) is 5.65 Å². The van der Waals surface area contributed by atoms with Crippen LogP contribution in [-0.2, 0) is 11.3 Å². The lowest BCUT2D eigenvalue weighted by Crippen LogP contribution is -2.34. The minimum Gasteiger partial charge on any atom is -0.494 e. The standard InChI is InChI=1S/C24H23FN4O3/c1-3-32-20-12-6-17(7-13-20)16(2)27-22(30)15-28-21-5-4-14-26-23(21)29(24(28)31)19-10-8-18(25)9-11-19/h4-14,16H,3,15H2,1-2H3,(H,27,30)/t16-/m1/s1. The number of amides is 1. The van der Waals surface area contributed by atoms with Gasteiger partial charge in [0.05, 0.1) is 23.9 Å². The molecule has 4 rings (SSSR count). The molecule has 0 fully saturated rings. The molecule has 2 heterocycles. The third-order valence-corrected chi connectivity index (χ3v) is 5.15. The van der Waals surface area contributed by atoms with Gasteiger partial charge in [0.1, 0.15) is 18.1 Å². The molecule has 7 nitrogen and oxygen atoms in total. The van der Waals surface area contributed by atoms with Gasteiger partial charge in [-0.3, -0.25) is 9.36 Å². The number of pyridine rings is 1. The molecule has 2 aromatic heterocycles. The minimum absolute atomic E-state index is 0.170. The quantitative estimate of drug-likeness (QED) is 0.482. The molecule has 0 unspecified atom stereocenters. The molecule has 164 valence electrons. The van der Waals surface area contributed by atoms with Crippen molar-refractivity contribution in [3.05, 3.63) is 88.7 Å². The van der Waals surface area contributed by atoms with Gasteiger partial charge in [0, 0.05) is 6.20 Å². The molecular formula is C24H23FN4O3. The number of carbonyl (C=O) groups excluding carboxylic acids is 1. The fraction of sp³-hybridized carbons (Fsp3) is 0.208. The number of aromatic nitrogens is 3. The molecule has 0 aliphatic rings. The molecule has 1 atom stereocenters. The number of rotatable bonds is 7. The number of ether oxygens (including phenoxy) is 1. The summed E-state index contributed by atoms with van der Waals surface area (Å²) in [4.78, 5) is 30.2. The second kappa shape index (κ2) is 9.05. The maximum absolute atomic E-state index is 13.3. The van der Waals surface area contributed by atoms with Gasteiger partial charge in [-0.25, -0.2) is 18.7 Å². The van der Waals surface area contributed by atoms with Crippen molar-refractivity contribution >= 4 is 17.1 Å². The third kappa shape index (κ3) is 4.25. The first-order chi connectivity index (χ1) is 15.5. The van der Waals surface area contributed by atoms with Gasteiger partial charge in [-0.05, 0) is 67.9 Å². The Morgan fingerprint density at radius 1 is 1.12 bits per heavy atom. The maximum atomic E-state index is 13.3. The van der Waals surface area contributed by atoms with E-state index in [0.717, 1.165) is 11.3 Å². The summed E-state index contributed by atoms with van der Waals surface area (Å²) < 4.78 is 21.5. The smallest absolute Gasteiger partial charge is 0.335 e. The van der Waals surface area contributed by atoms with Crippen LogP contribution in [0.4, 0.5) is 4.39 Å². The summed E-state index contributed by atoms with van der Waals surface area (Å²) in [5, 5.41) is 2.93. The highest BCUT2D eigenvalue weighted by atomic mass is 19.1. The van der Waals surface area contributed by atoms with E-state index in [9.17, 15) is 14.0 Å². The monoisotopic (exact) mass is 434 g/mol. The van der Waals surface area contributed by atoms with Crippen LogP contribution in [0.15, 0.2) is 71.7 Å². The van der Waals surface area contributed by atoms with Crippen LogP contribution in [0.25, 0.3) is 16.9 Å². The number of hydrogen-bond acceptors (Lipinski definition) is 4. The van der Waals surface area contributed by atoms with Gasteiger partial charge >= 0.3 is 5.69 Å². The molecule has 2 aromatic carbocycles. The van der Waals surface area contributed by atoms with Gasteiger partial charge in [-0.15, -0.1) is 0 Å². The Morgan fingerprint density at radius 3 is 2.53 bits per heavy atom. The van der Waals surface area contributed by atoms with E-state index in [0.29, 0.717) is 23.5 Å². The molecule has 0 spiro atoms. The average molecular weight is 434 g/mol. The van der Waals surface area contributed by atoms with Crippen molar-refractivity contribution in [3.63, 3.8) is 0 Å². The topological polar surface area (TPSA) is 78.1 Å². The molecular weight excluding hydrogens is 411 g/mol. The van der Waals surface area contributed by atoms with Crippen LogP contribution in [0.5, 0.6) is 5.75 Å². The number of benzene rings is 2. The molecule has 32 heavy (non-hydrogen) atoms. The fourth-order valence-corrected chi connectivity index (χ4v) is 3.59. The van der Waals surface area contributed by atoms with Crippen LogP contribution in [0, 0.1) is 5.82 Å². The second-order valence-electron chi connectivity index (χ2n) is 7.32. The van der Waals surface area contributed by atoms with Crippen LogP contribution in [-0.4, -0.2) is 26.6 Å². The number of nitrogens with zero attached hydrogens (tertiary/aromatic N) is 3. The largest absolute Gasteiger partial charge is 0.494 e. The SMILES string of the molecule is CCOc1ccc([C@@H](C)NC(=O)Cn2c(=O)n(-c3ccc(F)cc3)c3ncccc32)cc1. The molecule has 0 aliphatic carbocycles. The highest BCUT2D eigenvalue weighted by molar-refractivity contribution is 5.80. The number of imidazole rings is 1. The zero-order chi connectivity index (χ0) is 22.7. The van der Waals surface area contributed by atoms with Crippen LogP contribution < -0.4 is 15.7 Å². The predicted octanol–water partition coefficient (Wildman–Crippen LogP) is 3.60. The zero-order valence-electron chi connectivity index (χ0n) is 17.8. The summed E-state index contributed by atoms with van der Waals surface area (Å²) in [6.07, 6.45) is 1.57. The van der Waals surface area contributed by atoms with Crippen molar-refractivity contribution in [1.29, 1.82) is 0 Å². The molecule has 1 amide bonds. The lowest BCUT2D eigenvalue weighted by molar-refractivity contribution is -0.122. The van der Waals surface area contributed by atoms with Crippen molar-refractivity contribution in [3.8, 4) is 11.4 Å². The number of nitrogens with one attached hydrogen (secondary N) is 1. The van der Waals surface area contributed by atoms with Crippen LogP contribution in [0.1, 0.15) is 25.5 Å². The summed E-state index contributed by atoms with van der Waals surface area (Å²) in [5.41, 5.74) is 1.89. The molecule has 4 aromatic rings. The van der Waals surface area contributed by atoms with Crippen LogP contribution in [0.2, 0.25) is 0 Å². The van der Waals surface area contributed by atoms with Gasteiger partial charge < -0.3 is 10.1 Å². The molecule has 1 N–H and O–H groups in total. The van der Waals surface area contributed by atoms with Gasteiger partial charge in [0.2, 0.25) is 5.91 Å². The Balaban J connectivity index is 1.59. The summed E-state index contributed by atoms with van der Waals surface area (Å²) in [6, 6.07) is 16.2. The number of carbonyl (C=O) groups is 1. The molecule has 0 bridgehead atoms. The van der Waals surface area contributed by atoms with E-state index in [4.69, 9.17) is 4.74 Å². The first-order valence-electron chi connectivity index (χ1n) is 10.3. The van der Waals surface area contributed by atoms with E-state index in [1.54, 1.807) is 18.3 Å². The lowest BCUT2D eigenvalue weighted by Gasteiger charge is -2.15. The summed E-state index contributed by atoms with van der Waals surface area (Å²) in [7, 11) is 0. The fourth-order valence-electron chi connectivity index (χ4n) is 3.59. The predicted molar refractivity (Wildman–Crippen MR) is 119 cm³/mol. The first kappa shape index (κ1) is 21.3.